The van der Waals surface area contributed by atoms with Crippen molar-refractivity contribution in [3.63, 3.8) is 0 Å². The van der Waals surface area contributed by atoms with E-state index in [1.165, 1.54) is 0 Å². The van der Waals surface area contributed by atoms with Gasteiger partial charge in [-0.1, -0.05) is 13.1 Å². The average molecular weight is 585 g/mol. The molecule has 0 saturated carbocycles. The third kappa shape index (κ3) is 13.9. The highest BCUT2D eigenvalue weighted by Gasteiger charge is 2.59. The van der Waals surface area contributed by atoms with E-state index in [4.69, 9.17) is 12.3 Å². The second kappa shape index (κ2) is 15.4. The van der Waals surface area contributed by atoms with Crippen molar-refractivity contribution in [1.82, 2.24) is 0 Å². The lowest BCUT2D eigenvalue weighted by Crippen LogP contribution is -2.53. The van der Waals surface area contributed by atoms with Gasteiger partial charge in [-0.05, 0) is 19.1 Å². The summed E-state index contributed by atoms with van der Waals surface area (Å²) in [5, 5.41) is 0. The Labute approximate surface area is 189 Å². The quantitative estimate of drug-likeness (QED) is 0.164. The van der Waals surface area contributed by atoms with Crippen LogP contribution in [0.25, 0.3) is 0 Å². The summed E-state index contributed by atoms with van der Waals surface area (Å²) in [4.78, 5) is 0. The van der Waals surface area contributed by atoms with Gasteiger partial charge in [0.05, 0.1) is 20.2 Å². The number of alkyl halides is 6. The zero-order valence-electron chi connectivity index (χ0n) is 17.8. The molecule has 180 valence electrons. The van der Waals surface area contributed by atoms with E-state index in [9.17, 15) is 35.3 Å². The molecule has 0 radical (unpaired) electrons. The predicted molar refractivity (Wildman–Crippen MR) is 121 cm³/mol. The molecule has 0 fully saturated rings. The molecule has 0 spiro atoms. The molecule has 0 aliphatic carbocycles. The maximum absolute atomic E-state index is 13.5. The first kappa shape index (κ1) is 32.8. The van der Waals surface area contributed by atoms with Crippen LogP contribution in [0.2, 0.25) is 38.3 Å². The maximum Gasteiger partial charge on any atom is 0.472 e. The monoisotopic (exact) mass is 584 g/mol. The van der Waals surface area contributed by atoms with Crippen LogP contribution in [0.4, 0.5) is 26.3 Å². The van der Waals surface area contributed by atoms with Crippen LogP contribution in [0.5, 0.6) is 0 Å². The van der Waals surface area contributed by atoms with Gasteiger partial charge >= 0.3 is 30.8 Å². The second-order valence-electron chi connectivity index (χ2n) is 6.89. The van der Waals surface area contributed by atoms with E-state index >= 15 is 0 Å². The summed E-state index contributed by atoms with van der Waals surface area (Å²) in [7, 11) is -10.4. The number of halogens is 6. The van der Waals surface area contributed by atoms with Crippen LogP contribution in [0, 0.1) is 11.8 Å². The number of rotatable bonds is 12. The van der Waals surface area contributed by atoms with Gasteiger partial charge in [0.25, 0.3) is 0 Å². The van der Waals surface area contributed by atoms with Crippen LogP contribution in [0.15, 0.2) is 0 Å². The third-order valence-electron chi connectivity index (χ3n) is 3.72. The smallest absolute Gasteiger partial charge is 0.472 e. The van der Waals surface area contributed by atoms with Gasteiger partial charge in [0.15, 0.2) is 9.04 Å². The lowest BCUT2D eigenvalue weighted by Gasteiger charge is -2.37. The zero-order valence-corrected chi connectivity index (χ0v) is 28.8. The summed E-state index contributed by atoms with van der Waals surface area (Å²) in [6, 6.07) is -1.77. The molecule has 2 atom stereocenters. The lowest BCUT2D eigenvalue weighted by molar-refractivity contribution is -0.246. The van der Waals surface area contributed by atoms with Gasteiger partial charge in [-0.3, -0.25) is 0 Å². The Kier molecular flexibility index (Phi) is 16.9. The number of hydrogen-bond donors (Lipinski definition) is 0. The van der Waals surface area contributed by atoms with Crippen LogP contribution >= 0.6 is 0 Å². The fourth-order valence-electron chi connectivity index (χ4n) is 2.34. The molecule has 0 aromatic heterocycles. The van der Waals surface area contributed by atoms with E-state index < -0.39 is 81.8 Å². The van der Waals surface area contributed by atoms with E-state index in [0.29, 0.717) is 0 Å². The van der Waals surface area contributed by atoms with Crippen LogP contribution in [0.1, 0.15) is 0 Å². The average Bonchev–Trinajstić information content (AvgIpc) is 2.61. The van der Waals surface area contributed by atoms with Crippen molar-refractivity contribution in [2.45, 2.75) is 50.6 Å². The Bertz CT molecular complexity index is 493. The molecule has 30 heavy (non-hydrogen) atoms. The molecule has 0 aromatic rings. The third-order valence-corrected chi connectivity index (χ3v) is 17.5. The molecule has 0 bridgehead atoms. The van der Waals surface area contributed by atoms with Crippen molar-refractivity contribution < 1.29 is 51.7 Å². The molecule has 2 unspecified atom stereocenters. The SMILES string of the molecule is C[SiH](C)O[Si](CC(C(C[SiH2]O[SiH]=O)C(F)(F)F)C(F)(F)F)(O[SiH3])O[SiH3].C[SiH](C)[SiH]=O. The zero-order chi connectivity index (χ0) is 24.2. The largest absolute Gasteiger partial charge is 0.585 e. The first-order valence-corrected chi connectivity index (χ1v) is 23.3. The maximum atomic E-state index is 13.5. The van der Waals surface area contributed by atoms with Crippen molar-refractivity contribution >= 4 is 75.5 Å². The minimum atomic E-state index is -5.10. The first-order chi connectivity index (χ1) is 13.6. The number of hydrogen-bond acceptors (Lipinski definition) is 6. The van der Waals surface area contributed by atoms with Gasteiger partial charge in [-0.15, -0.1) is 0 Å². The Morgan fingerprint density at radius 2 is 1.40 bits per heavy atom. The summed E-state index contributed by atoms with van der Waals surface area (Å²) in [5.74, 6) is -5.35. The van der Waals surface area contributed by atoms with Crippen LogP contribution in [0.3, 0.4) is 0 Å². The standard InChI is InChI=1S/C8H22F6O5Si6.C2H8OSi2/c1-24(2)19-25(16-20,17-21)4-6(8(12,13)14)5(7(9,10)11)3-22-18-23-15;1-5(2)4-3/h5-6,23-24H,3-4,22H2,1-2,20-21H3;4-5H,1-2H3. The predicted octanol–water partition coefficient (Wildman–Crippen LogP) is -1.16. The van der Waals surface area contributed by atoms with E-state index in [1.807, 2.05) is 0 Å². The highest BCUT2D eigenvalue weighted by Crippen LogP contribution is 2.46. The molecular formula is C10H30F6O6Si8. The topological polar surface area (TPSA) is 71.1 Å². The van der Waals surface area contributed by atoms with Crippen molar-refractivity contribution in [2.24, 2.45) is 11.8 Å². The molecule has 0 aliphatic rings. The Hall–Kier alpha value is 0.595. The molecule has 20 heteroatoms. The van der Waals surface area contributed by atoms with Crippen LogP contribution in [-0.2, 0) is 25.4 Å². The molecule has 0 aromatic carbocycles. The molecule has 0 N–H and O–H groups in total. The van der Waals surface area contributed by atoms with Gasteiger partial charge in [0, 0.05) is 6.04 Å². The summed E-state index contributed by atoms with van der Waals surface area (Å²) >= 11 is 0. The van der Waals surface area contributed by atoms with Gasteiger partial charge in [0.2, 0.25) is 18.7 Å². The Balaban J connectivity index is 0. The van der Waals surface area contributed by atoms with E-state index in [2.05, 4.69) is 17.2 Å². The first-order valence-electron chi connectivity index (χ1n) is 9.02. The fraction of sp³-hybridized carbons (Fsp3) is 1.00. The molecule has 0 heterocycles. The highest BCUT2D eigenvalue weighted by molar-refractivity contribution is 7.04. The summed E-state index contributed by atoms with van der Waals surface area (Å²) in [6.45, 7) is 7.54. The summed E-state index contributed by atoms with van der Waals surface area (Å²) < 4.78 is 121. The van der Waals surface area contributed by atoms with Crippen molar-refractivity contribution in [1.29, 1.82) is 0 Å². The van der Waals surface area contributed by atoms with Gasteiger partial charge in [-0.25, -0.2) is 0 Å². The molecule has 0 rings (SSSR count). The van der Waals surface area contributed by atoms with Crippen molar-refractivity contribution in [2.75, 3.05) is 0 Å². The van der Waals surface area contributed by atoms with Crippen LogP contribution < -0.4 is 0 Å². The molecule has 6 nitrogen and oxygen atoms in total. The molecule has 0 aliphatic heterocycles. The summed E-state index contributed by atoms with van der Waals surface area (Å²) in [6.07, 6.45) is -10.2. The van der Waals surface area contributed by atoms with Crippen molar-refractivity contribution in [3.05, 3.63) is 0 Å². The van der Waals surface area contributed by atoms with E-state index in [-0.39, 0.29) is 29.9 Å². The summed E-state index contributed by atoms with van der Waals surface area (Å²) in [5.41, 5.74) is 0. The highest BCUT2D eigenvalue weighted by atomic mass is 29.2. The lowest BCUT2D eigenvalue weighted by atomic mass is 9.94. The van der Waals surface area contributed by atoms with Crippen LogP contribution in [-0.4, -0.2) is 87.8 Å². The molecular weight excluding hydrogens is 555 g/mol. The molecule has 0 saturated heterocycles. The minimum absolute atomic E-state index is 0.00431. The Morgan fingerprint density at radius 3 is 1.67 bits per heavy atom. The van der Waals surface area contributed by atoms with Gasteiger partial charge in [-0.2, -0.15) is 26.3 Å². The van der Waals surface area contributed by atoms with Crippen molar-refractivity contribution in [3.8, 4) is 0 Å². The molecule has 0 amide bonds. The second-order valence-corrected chi connectivity index (χ2v) is 25.1. The van der Waals surface area contributed by atoms with Gasteiger partial charge < -0.3 is 25.4 Å². The van der Waals surface area contributed by atoms with E-state index in [1.54, 1.807) is 13.1 Å². The van der Waals surface area contributed by atoms with Gasteiger partial charge in [0.1, 0.15) is 21.0 Å². The fourth-order valence-corrected chi connectivity index (χ4v) is 14.6. The normalized spacial score (nSPS) is 16.9. The van der Waals surface area contributed by atoms with E-state index in [0.717, 1.165) is 0 Å². The minimum Gasteiger partial charge on any atom is -0.585 e. The Morgan fingerprint density at radius 1 is 0.967 bits per heavy atom.